The molecule has 0 saturated heterocycles. The van der Waals surface area contributed by atoms with Crippen molar-refractivity contribution in [2.45, 2.75) is 40.2 Å². The van der Waals surface area contributed by atoms with Gasteiger partial charge in [-0.3, -0.25) is 0 Å². The third-order valence-corrected chi connectivity index (χ3v) is 2.92. The van der Waals surface area contributed by atoms with Crippen LogP contribution in [0.5, 0.6) is 0 Å². The van der Waals surface area contributed by atoms with Crippen molar-refractivity contribution in [2.75, 3.05) is 18.0 Å². The van der Waals surface area contributed by atoms with Gasteiger partial charge < -0.3 is 10.6 Å². The van der Waals surface area contributed by atoms with Crippen molar-refractivity contribution in [3.05, 3.63) is 29.3 Å². The molecule has 1 rings (SSSR count). The van der Waals surface area contributed by atoms with E-state index in [9.17, 15) is 0 Å². The molecule has 16 heavy (non-hydrogen) atoms. The van der Waals surface area contributed by atoms with Gasteiger partial charge in [-0.2, -0.15) is 0 Å². The maximum atomic E-state index is 5.85. The number of anilines is 1. The minimum absolute atomic E-state index is 0.631. The smallest absolute Gasteiger partial charge is 0.0414 e. The highest BCUT2D eigenvalue weighted by Crippen LogP contribution is 2.23. The Hall–Kier alpha value is -1.02. The van der Waals surface area contributed by atoms with Crippen molar-refractivity contribution in [3.63, 3.8) is 0 Å². The van der Waals surface area contributed by atoms with Gasteiger partial charge >= 0.3 is 0 Å². The summed E-state index contributed by atoms with van der Waals surface area (Å²) in [4.78, 5) is 2.45. The largest absolute Gasteiger partial charge is 0.371 e. The van der Waals surface area contributed by atoms with Crippen molar-refractivity contribution in [3.8, 4) is 0 Å². The lowest BCUT2D eigenvalue weighted by Crippen LogP contribution is -2.26. The van der Waals surface area contributed by atoms with E-state index in [2.05, 4.69) is 43.9 Å². The van der Waals surface area contributed by atoms with Gasteiger partial charge in [-0.1, -0.05) is 26.0 Å². The molecule has 2 N–H and O–H groups in total. The van der Waals surface area contributed by atoms with Crippen LogP contribution in [0.25, 0.3) is 0 Å². The Morgan fingerprint density at radius 2 is 1.75 bits per heavy atom. The first-order chi connectivity index (χ1) is 7.74. The van der Waals surface area contributed by atoms with Crippen molar-refractivity contribution in [1.29, 1.82) is 0 Å². The topological polar surface area (TPSA) is 29.3 Å². The fourth-order valence-corrected chi connectivity index (χ4v) is 2.14. The summed E-state index contributed by atoms with van der Waals surface area (Å²) in [6.45, 7) is 9.45. The Labute approximate surface area is 99.5 Å². The standard InChI is InChI=1S/C14H24N2/c1-4-9-16(10-5-2)14-8-6-7-12(3)13(14)11-15/h6-8H,4-5,9-11,15H2,1-3H3. The number of hydrogen-bond donors (Lipinski definition) is 1. The summed E-state index contributed by atoms with van der Waals surface area (Å²) in [5.74, 6) is 0. The molecule has 0 heterocycles. The van der Waals surface area contributed by atoms with Crippen LogP contribution in [0.3, 0.4) is 0 Å². The molecule has 2 nitrogen and oxygen atoms in total. The number of rotatable bonds is 6. The van der Waals surface area contributed by atoms with E-state index in [4.69, 9.17) is 5.73 Å². The van der Waals surface area contributed by atoms with Gasteiger partial charge in [0.25, 0.3) is 0 Å². The van der Waals surface area contributed by atoms with Crippen LogP contribution >= 0.6 is 0 Å². The highest BCUT2D eigenvalue weighted by molar-refractivity contribution is 5.56. The molecule has 0 aliphatic heterocycles. The molecule has 0 atom stereocenters. The molecule has 0 aliphatic carbocycles. The fraction of sp³-hybridized carbons (Fsp3) is 0.571. The Morgan fingerprint density at radius 3 is 2.25 bits per heavy atom. The summed E-state index contributed by atoms with van der Waals surface area (Å²) < 4.78 is 0. The summed E-state index contributed by atoms with van der Waals surface area (Å²) in [6.07, 6.45) is 2.36. The zero-order valence-electron chi connectivity index (χ0n) is 10.8. The second-order valence-electron chi connectivity index (χ2n) is 4.26. The third-order valence-electron chi connectivity index (χ3n) is 2.92. The summed E-state index contributed by atoms with van der Waals surface area (Å²) >= 11 is 0. The molecule has 0 spiro atoms. The van der Waals surface area contributed by atoms with Crippen LogP contribution < -0.4 is 10.6 Å². The van der Waals surface area contributed by atoms with E-state index >= 15 is 0 Å². The molecule has 0 aromatic heterocycles. The van der Waals surface area contributed by atoms with Crippen LogP contribution in [0.15, 0.2) is 18.2 Å². The zero-order valence-corrected chi connectivity index (χ0v) is 10.8. The van der Waals surface area contributed by atoms with Crippen molar-refractivity contribution in [2.24, 2.45) is 5.73 Å². The van der Waals surface area contributed by atoms with E-state index in [1.807, 2.05) is 0 Å². The molecule has 1 aromatic carbocycles. The van der Waals surface area contributed by atoms with Gasteiger partial charge in [0.15, 0.2) is 0 Å². The predicted octanol–water partition coefficient (Wildman–Crippen LogP) is 3.08. The van der Waals surface area contributed by atoms with E-state index < -0.39 is 0 Å². The van der Waals surface area contributed by atoms with E-state index in [-0.39, 0.29) is 0 Å². The highest BCUT2D eigenvalue weighted by Gasteiger charge is 2.10. The molecule has 0 radical (unpaired) electrons. The quantitative estimate of drug-likeness (QED) is 0.798. The van der Waals surface area contributed by atoms with Gasteiger partial charge in [0.1, 0.15) is 0 Å². The zero-order chi connectivity index (χ0) is 12.0. The molecular weight excluding hydrogens is 196 g/mol. The maximum Gasteiger partial charge on any atom is 0.0414 e. The lowest BCUT2D eigenvalue weighted by atomic mass is 10.1. The molecule has 2 heteroatoms. The Bertz CT molecular complexity index is 315. The number of hydrogen-bond acceptors (Lipinski definition) is 2. The summed E-state index contributed by atoms with van der Waals surface area (Å²) in [5, 5.41) is 0. The SMILES string of the molecule is CCCN(CCC)c1cccc(C)c1CN. The first kappa shape index (κ1) is 13.0. The maximum absolute atomic E-state index is 5.85. The van der Waals surface area contributed by atoms with Gasteiger partial charge in [-0.05, 0) is 37.0 Å². The van der Waals surface area contributed by atoms with Gasteiger partial charge in [0.2, 0.25) is 0 Å². The molecular formula is C14H24N2. The summed E-state index contributed by atoms with van der Waals surface area (Å²) in [6, 6.07) is 6.46. The minimum Gasteiger partial charge on any atom is -0.371 e. The normalized spacial score (nSPS) is 10.5. The van der Waals surface area contributed by atoms with Gasteiger partial charge in [-0.15, -0.1) is 0 Å². The van der Waals surface area contributed by atoms with Crippen LogP contribution in [-0.2, 0) is 6.54 Å². The number of nitrogens with zero attached hydrogens (tertiary/aromatic N) is 1. The molecule has 90 valence electrons. The number of nitrogens with two attached hydrogens (primary N) is 1. The molecule has 0 unspecified atom stereocenters. The first-order valence-corrected chi connectivity index (χ1v) is 6.28. The predicted molar refractivity (Wildman–Crippen MR) is 71.9 cm³/mol. The third kappa shape index (κ3) is 2.99. The van der Waals surface area contributed by atoms with Crippen LogP contribution in [0.2, 0.25) is 0 Å². The van der Waals surface area contributed by atoms with Gasteiger partial charge in [0.05, 0.1) is 0 Å². The molecule has 0 bridgehead atoms. The highest BCUT2D eigenvalue weighted by atomic mass is 15.1. The number of aryl methyl sites for hydroxylation is 1. The van der Waals surface area contributed by atoms with Crippen molar-refractivity contribution < 1.29 is 0 Å². The summed E-state index contributed by atoms with van der Waals surface area (Å²) in [7, 11) is 0. The van der Waals surface area contributed by atoms with E-state index in [1.165, 1.54) is 29.7 Å². The van der Waals surface area contributed by atoms with E-state index in [1.54, 1.807) is 0 Å². The fourth-order valence-electron chi connectivity index (χ4n) is 2.14. The van der Waals surface area contributed by atoms with Crippen LogP contribution in [0.4, 0.5) is 5.69 Å². The van der Waals surface area contributed by atoms with E-state index in [0.717, 1.165) is 13.1 Å². The Morgan fingerprint density at radius 1 is 1.12 bits per heavy atom. The van der Waals surface area contributed by atoms with E-state index in [0.29, 0.717) is 6.54 Å². The monoisotopic (exact) mass is 220 g/mol. The van der Waals surface area contributed by atoms with Crippen molar-refractivity contribution in [1.82, 2.24) is 0 Å². The van der Waals surface area contributed by atoms with Crippen molar-refractivity contribution >= 4 is 5.69 Å². The summed E-state index contributed by atoms with van der Waals surface area (Å²) in [5.41, 5.74) is 9.78. The Kier molecular flexibility index (Phi) is 5.33. The van der Waals surface area contributed by atoms with Crippen LogP contribution in [0.1, 0.15) is 37.8 Å². The lowest BCUT2D eigenvalue weighted by Gasteiger charge is -2.27. The first-order valence-electron chi connectivity index (χ1n) is 6.28. The minimum atomic E-state index is 0.631. The average Bonchev–Trinajstić information content (AvgIpc) is 2.28. The molecule has 1 aromatic rings. The number of benzene rings is 1. The lowest BCUT2D eigenvalue weighted by molar-refractivity contribution is 0.739. The molecule has 0 amide bonds. The average molecular weight is 220 g/mol. The van der Waals surface area contributed by atoms with Gasteiger partial charge in [0, 0.05) is 25.3 Å². The van der Waals surface area contributed by atoms with Crippen LogP contribution in [0, 0.1) is 6.92 Å². The second kappa shape index (κ2) is 6.54. The Balaban J connectivity index is 3.02. The van der Waals surface area contributed by atoms with Gasteiger partial charge in [-0.25, -0.2) is 0 Å². The molecule has 0 saturated carbocycles. The second-order valence-corrected chi connectivity index (χ2v) is 4.26. The molecule has 0 fully saturated rings. The molecule has 0 aliphatic rings. The van der Waals surface area contributed by atoms with Crippen LogP contribution in [-0.4, -0.2) is 13.1 Å².